The largest absolute Gasteiger partial charge is 0.490 e. The number of β-amino-alcohol motifs (C(OH)–C–C–N with tert-alkyl or cyclic N) is 1. The van der Waals surface area contributed by atoms with E-state index in [1.165, 1.54) is 19.5 Å². The van der Waals surface area contributed by atoms with Crippen LogP contribution in [0, 0.1) is 0 Å². The van der Waals surface area contributed by atoms with E-state index in [0.717, 1.165) is 5.56 Å². The highest BCUT2D eigenvalue weighted by atomic mass is 35.5. The second kappa shape index (κ2) is 11.8. The predicted molar refractivity (Wildman–Crippen MR) is 155 cm³/mol. The van der Waals surface area contributed by atoms with Gasteiger partial charge in [-0.2, -0.15) is 13.9 Å². The van der Waals surface area contributed by atoms with E-state index in [1.54, 1.807) is 33.7 Å². The summed E-state index contributed by atoms with van der Waals surface area (Å²) in [4.78, 5) is 34.2. The smallest absolute Gasteiger partial charge is 0.409 e. The zero-order valence-corrected chi connectivity index (χ0v) is 24.0. The molecule has 2 aliphatic rings. The van der Waals surface area contributed by atoms with Crippen LogP contribution in [0.3, 0.4) is 0 Å². The van der Waals surface area contributed by atoms with Crippen LogP contribution in [-0.4, -0.2) is 80.9 Å². The Bertz CT molecular complexity index is 1700. The lowest BCUT2D eigenvalue weighted by Gasteiger charge is -2.38. The number of piperidine rings is 1. The first kappa shape index (κ1) is 28.9. The summed E-state index contributed by atoms with van der Waals surface area (Å²) >= 11 is 6.06. The Morgan fingerprint density at radius 2 is 1.88 bits per heavy atom. The maximum absolute atomic E-state index is 14.1. The fourth-order valence-corrected chi connectivity index (χ4v) is 5.51. The van der Waals surface area contributed by atoms with E-state index in [2.05, 4.69) is 5.10 Å². The molecule has 4 heterocycles. The van der Waals surface area contributed by atoms with Gasteiger partial charge in [-0.3, -0.25) is 9.36 Å². The number of fused-ring (bicyclic) bond motifs is 1. The van der Waals surface area contributed by atoms with E-state index in [4.69, 9.17) is 26.1 Å². The lowest BCUT2D eigenvalue weighted by Crippen LogP contribution is -2.53. The number of aliphatic hydroxyl groups excluding tert-OH is 1. The van der Waals surface area contributed by atoms with Crippen LogP contribution in [0.2, 0.25) is 5.02 Å². The quantitative estimate of drug-likeness (QED) is 0.330. The average molecular weight is 615 g/mol. The number of aliphatic hydroxyl groups is 1. The summed E-state index contributed by atoms with van der Waals surface area (Å²) in [6.45, 7) is -1.14. The first-order chi connectivity index (χ1) is 20.7. The third-order valence-corrected chi connectivity index (χ3v) is 7.97. The first-order valence-corrected chi connectivity index (χ1v) is 14.2. The van der Waals surface area contributed by atoms with E-state index < -0.39 is 18.7 Å². The Balaban J connectivity index is 1.44. The average Bonchev–Trinajstić information content (AvgIpc) is 3.49. The summed E-state index contributed by atoms with van der Waals surface area (Å²) in [5.74, 6) is 0.706. The lowest BCUT2D eigenvalue weighted by atomic mass is 10.0. The molecule has 226 valence electrons. The van der Waals surface area contributed by atoms with Crippen LogP contribution in [-0.2, 0) is 11.3 Å². The number of rotatable bonds is 7. The van der Waals surface area contributed by atoms with Crippen molar-refractivity contribution in [2.75, 3.05) is 38.2 Å². The third kappa shape index (κ3) is 5.87. The van der Waals surface area contributed by atoms with Gasteiger partial charge in [-0.05, 0) is 29.8 Å². The van der Waals surface area contributed by atoms with Crippen LogP contribution in [0.5, 0.6) is 5.75 Å². The SMILES string of the molecule is COC(=O)N1CCC(Oc2cc3c(=O)n(Cc4ccc(Cl)cc4)c(N4CC(O)C4)nc3cc2-c2cnn(C(F)F)c2)CC1. The van der Waals surface area contributed by atoms with Gasteiger partial charge in [-0.25, -0.2) is 14.5 Å². The van der Waals surface area contributed by atoms with Gasteiger partial charge in [0.05, 0.1) is 36.9 Å². The Hall–Kier alpha value is -4.23. The molecule has 2 fully saturated rings. The summed E-state index contributed by atoms with van der Waals surface area (Å²) in [6, 6.07) is 10.4. The molecule has 0 unspecified atom stereocenters. The van der Waals surface area contributed by atoms with Crippen LogP contribution in [0.15, 0.2) is 53.6 Å². The van der Waals surface area contributed by atoms with Gasteiger partial charge in [-0.1, -0.05) is 23.7 Å². The number of hydrogen-bond donors (Lipinski definition) is 1. The van der Waals surface area contributed by atoms with Gasteiger partial charge in [-0.15, -0.1) is 0 Å². The van der Waals surface area contributed by atoms with Gasteiger partial charge in [0.1, 0.15) is 11.9 Å². The molecule has 4 aromatic rings. The number of carbonyl (C=O) groups is 1. The highest BCUT2D eigenvalue weighted by Crippen LogP contribution is 2.36. The maximum atomic E-state index is 14.1. The van der Waals surface area contributed by atoms with Crippen molar-refractivity contribution in [3.63, 3.8) is 0 Å². The summed E-state index contributed by atoms with van der Waals surface area (Å²) in [5.41, 5.74) is 1.68. The normalized spacial score (nSPS) is 16.1. The van der Waals surface area contributed by atoms with Crippen molar-refractivity contribution in [3.05, 3.63) is 69.7 Å². The fourth-order valence-electron chi connectivity index (χ4n) is 5.38. The second-order valence-electron chi connectivity index (χ2n) is 10.6. The number of aromatic nitrogens is 4. The molecule has 1 N–H and O–H groups in total. The number of benzene rings is 2. The molecule has 0 bridgehead atoms. The predicted octanol–water partition coefficient (Wildman–Crippen LogP) is 4.15. The van der Waals surface area contributed by atoms with E-state index in [-0.39, 0.29) is 23.6 Å². The molecular formula is C29H29ClF2N6O5. The molecule has 43 heavy (non-hydrogen) atoms. The number of halogens is 3. The fraction of sp³-hybridized carbons (Fsp3) is 0.379. The number of nitrogens with zero attached hydrogens (tertiary/aromatic N) is 6. The van der Waals surface area contributed by atoms with E-state index in [1.807, 2.05) is 17.0 Å². The molecule has 14 heteroatoms. The summed E-state index contributed by atoms with van der Waals surface area (Å²) in [7, 11) is 1.33. The number of amides is 1. The maximum Gasteiger partial charge on any atom is 0.409 e. The number of anilines is 1. The van der Waals surface area contributed by atoms with Crippen LogP contribution in [0.25, 0.3) is 22.0 Å². The second-order valence-corrected chi connectivity index (χ2v) is 11.1. The zero-order chi connectivity index (χ0) is 30.2. The molecular weight excluding hydrogens is 586 g/mol. The van der Waals surface area contributed by atoms with Gasteiger partial charge in [0, 0.05) is 61.4 Å². The van der Waals surface area contributed by atoms with Crippen LogP contribution in [0.1, 0.15) is 25.0 Å². The lowest BCUT2D eigenvalue weighted by molar-refractivity contribution is 0.0566. The van der Waals surface area contributed by atoms with E-state index in [9.17, 15) is 23.5 Å². The van der Waals surface area contributed by atoms with Crippen molar-refractivity contribution in [2.45, 2.75) is 38.1 Å². The zero-order valence-electron chi connectivity index (χ0n) is 23.2. The Morgan fingerprint density at radius 1 is 1.16 bits per heavy atom. The number of hydrogen-bond acceptors (Lipinski definition) is 8. The summed E-state index contributed by atoms with van der Waals surface area (Å²) < 4.78 is 40.1. The number of alkyl halides is 2. The number of likely N-dealkylation sites (tertiary alicyclic amines) is 1. The molecule has 0 radical (unpaired) electrons. The summed E-state index contributed by atoms with van der Waals surface area (Å²) in [6.07, 6.45) is 2.31. The molecule has 0 saturated carbocycles. The molecule has 2 aliphatic heterocycles. The minimum Gasteiger partial charge on any atom is -0.490 e. The molecule has 2 saturated heterocycles. The number of ether oxygens (including phenoxy) is 2. The van der Waals surface area contributed by atoms with Gasteiger partial charge in [0.2, 0.25) is 5.95 Å². The van der Waals surface area contributed by atoms with Crippen molar-refractivity contribution < 1.29 is 28.2 Å². The van der Waals surface area contributed by atoms with Gasteiger partial charge in [0.15, 0.2) is 0 Å². The molecule has 1 amide bonds. The van der Waals surface area contributed by atoms with Crippen LogP contribution < -0.4 is 15.2 Å². The molecule has 2 aromatic heterocycles. The van der Waals surface area contributed by atoms with Crippen molar-refractivity contribution in [1.29, 1.82) is 0 Å². The van der Waals surface area contributed by atoms with Crippen molar-refractivity contribution in [3.8, 4) is 16.9 Å². The summed E-state index contributed by atoms with van der Waals surface area (Å²) in [5, 5.41) is 14.6. The number of methoxy groups -OCH3 is 1. The number of carbonyl (C=O) groups excluding carboxylic acids is 1. The molecule has 0 spiro atoms. The molecule has 11 nitrogen and oxygen atoms in total. The highest BCUT2D eigenvalue weighted by Gasteiger charge is 2.30. The third-order valence-electron chi connectivity index (χ3n) is 7.72. The molecule has 2 aromatic carbocycles. The minimum absolute atomic E-state index is 0.214. The van der Waals surface area contributed by atoms with Gasteiger partial charge >= 0.3 is 12.6 Å². The molecule has 6 rings (SSSR count). The van der Waals surface area contributed by atoms with E-state index in [0.29, 0.717) is 77.1 Å². The van der Waals surface area contributed by atoms with Crippen molar-refractivity contribution in [2.24, 2.45) is 0 Å². The molecule has 0 aliphatic carbocycles. The van der Waals surface area contributed by atoms with Crippen molar-refractivity contribution >= 4 is 34.5 Å². The highest BCUT2D eigenvalue weighted by molar-refractivity contribution is 6.30. The van der Waals surface area contributed by atoms with Gasteiger partial charge < -0.3 is 24.4 Å². The minimum atomic E-state index is -2.83. The van der Waals surface area contributed by atoms with E-state index >= 15 is 0 Å². The monoisotopic (exact) mass is 614 g/mol. The Labute approximate surface area is 249 Å². The molecule has 0 atom stereocenters. The Morgan fingerprint density at radius 3 is 2.51 bits per heavy atom. The van der Waals surface area contributed by atoms with Crippen LogP contribution in [0.4, 0.5) is 19.5 Å². The van der Waals surface area contributed by atoms with Crippen molar-refractivity contribution in [1.82, 2.24) is 24.2 Å². The van der Waals surface area contributed by atoms with Gasteiger partial charge in [0.25, 0.3) is 5.56 Å². The van der Waals surface area contributed by atoms with Crippen LogP contribution >= 0.6 is 11.6 Å². The standard InChI is InChI=1S/C29H29ClF2N6O5/c1-42-29(41)35-8-6-21(7-9-35)43-25-11-23-24(10-22(25)18-12-33-38(14-18)27(31)32)34-28(36-15-20(39)16-36)37(26(23)40)13-17-2-4-19(30)5-3-17/h2-5,10-12,14,20-21,27,39H,6-9,13,15-16H2,1H3. The first-order valence-electron chi connectivity index (χ1n) is 13.8. The topological polar surface area (TPSA) is 115 Å². The Kier molecular flexibility index (Phi) is 7.93.